The predicted molar refractivity (Wildman–Crippen MR) is 81.8 cm³/mol. The van der Waals surface area contributed by atoms with E-state index in [1.807, 2.05) is 0 Å². The minimum atomic E-state index is -2.80. The minimum absolute atomic E-state index is 0. The summed E-state index contributed by atoms with van der Waals surface area (Å²) in [6.07, 6.45) is 5.99. The van der Waals surface area contributed by atoms with Gasteiger partial charge in [0, 0.05) is 13.0 Å². The van der Waals surface area contributed by atoms with Crippen molar-refractivity contribution in [2.24, 2.45) is 10.1 Å². The van der Waals surface area contributed by atoms with Gasteiger partial charge in [0.2, 0.25) is 0 Å². The molecule has 1 aromatic carbocycles. The smallest absolute Gasteiger partial charge is 0.387 e. The molecule has 0 atom stereocenters. The Morgan fingerprint density at radius 2 is 1.95 bits per heavy atom. The highest BCUT2D eigenvalue weighted by atomic mass is 35.5. The largest absolute Gasteiger partial charge is 0.435 e. The maximum Gasteiger partial charge on any atom is 0.387 e. The van der Waals surface area contributed by atoms with Gasteiger partial charge in [-0.25, -0.2) is 0 Å². The third-order valence-corrected chi connectivity index (χ3v) is 2.89. The van der Waals surface area contributed by atoms with E-state index < -0.39 is 6.61 Å². The summed E-state index contributed by atoms with van der Waals surface area (Å²) in [7, 11) is 0. The number of benzene rings is 1. The number of alkyl halides is 2. The van der Waals surface area contributed by atoms with E-state index >= 15 is 0 Å². The fourth-order valence-corrected chi connectivity index (χ4v) is 1.88. The van der Waals surface area contributed by atoms with Gasteiger partial charge in [-0.1, -0.05) is 6.42 Å². The molecule has 1 aliphatic heterocycles. The van der Waals surface area contributed by atoms with Crippen LogP contribution in [0.4, 0.5) is 8.78 Å². The van der Waals surface area contributed by atoms with Crippen molar-refractivity contribution in [3.05, 3.63) is 29.8 Å². The zero-order valence-corrected chi connectivity index (χ0v) is 12.3. The molecule has 0 fully saturated rings. The summed E-state index contributed by atoms with van der Waals surface area (Å²) >= 11 is 0. The Kier molecular flexibility index (Phi) is 7.68. The molecule has 0 saturated carbocycles. The van der Waals surface area contributed by atoms with Crippen LogP contribution >= 0.6 is 12.4 Å². The van der Waals surface area contributed by atoms with Gasteiger partial charge in [-0.15, -0.1) is 12.4 Å². The lowest BCUT2D eigenvalue weighted by atomic mass is 10.2. The topological polar surface area (TPSA) is 46.0 Å². The van der Waals surface area contributed by atoms with Crippen LogP contribution < -0.4 is 10.2 Å². The van der Waals surface area contributed by atoms with Crippen LogP contribution in [0.3, 0.4) is 0 Å². The number of ether oxygens (including phenoxy) is 1. The molecule has 0 aromatic heterocycles. The third-order valence-electron chi connectivity index (χ3n) is 2.89. The molecule has 0 radical (unpaired) electrons. The van der Waals surface area contributed by atoms with E-state index in [2.05, 4.69) is 20.3 Å². The molecule has 2 rings (SSSR count). The third kappa shape index (κ3) is 6.53. The van der Waals surface area contributed by atoms with Crippen LogP contribution in [0.25, 0.3) is 0 Å². The summed E-state index contributed by atoms with van der Waals surface area (Å²) in [6.45, 7) is -1.96. The van der Waals surface area contributed by atoms with Gasteiger partial charge >= 0.3 is 6.61 Å². The number of hydrogen-bond donors (Lipinski definition) is 1. The van der Waals surface area contributed by atoms with Crippen LogP contribution in [0, 0.1) is 0 Å². The molecule has 7 heteroatoms. The summed E-state index contributed by atoms with van der Waals surface area (Å²) in [6, 6.07) is 6.29. The Morgan fingerprint density at radius 1 is 1.19 bits per heavy atom. The fraction of sp³-hybridized carbons (Fsp3) is 0.429. The van der Waals surface area contributed by atoms with Crippen LogP contribution in [0.1, 0.15) is 31.2 Å². The lowest BCUT2D eigenvalue weighted by Crippen LogP contribution is -2.17. The molecule has 0 spiro atoms. The molecule has 1 aromatic rings. The second-order valence-corrected chi connectivity index (χ2v) is 4.46. The van der Waals surface area contributed by atoms with Gasteiger partial charge in [-0.05, 0) is 42.7 Å². The molecule has 0 aliphatic carbocycles. The standard InChI is InChI=1S/C14H17F2N3O.ClH/c15-14(16)20-12-7-5-11(6-8-12)10-18-19-13-4-2-1-3-9-17-13;/h5-8,10,14H,1-4,9H2,(H,17,19);1H. The van der Waals surface area contributed by atoms with Gasteiger partial charge < -0.3 is 4.74 Å². The number of aliphatic imine (C=N–C) groups is 1. The zero-order valence-electron chi connectivity index (χ0n) is 11.5. The van der Waals surface area contributed by atoms with Gasteiger partial charge in [0.05, 0.1) is 6.21 Å². The molecule has 116 valence electrons. The summed E-state index contributed by atoms with van der Waals surface area (Å²) in [4.78, 5) is 4.39. The number of hydrazone groups is 1. The van der Waals surface area contributed by atoms with Crippen LogP contribution in [-0.4, -0.2) is 25.2 Å². The number of halogens is 3. The molecular formula is C14H18ClF2N3O. The molecule has 0 bridgehead atoms. The SMILES string of the molecule is Cl.FC(F)Oc1ccc(C=NNC2=NCCCCC2)cc1. The first-order valence-electron chi connectivity index (χ1n) is 6.61. The second-order valence-electron chi connectivity index (χ2n) is 4.46. The lowest BCUT2D eigenvalue weighted by molar-refractivity contribution is -0.0498. The number of nitrogens with zero attached hydrogens (tertiary/aromatic N) is 2. The van der Waals surface area contributed by atoms with Crippen LogP contribution in [0.5, 0.6) is 5.75 Å². The summed E-state index contributed by atoms with van der Waals surface area (Å²) in [5, 5.41) is 4.10. The van der Waals surface area contributed by atoms with Gasteiger partial charge in [0.1, 0.15) is 11.6 Å². The molecule has 1 heterocycles. The normalized spacial score (nSPS) is 15.3. The van der Waals surface area contributed by atoms with Crippen molar-refractivity contribution < 1.29 is 13.5 Å². The van der Waals surface area contributed by atoms with E-state index in [-0.39, 0.29) is 18.2 Å². The lowest BCUT2D eigenvalue weighted by Gasteiger charge is -2.04. The van der Waals surface area contributed by atoms with E-state index in [9.17, 15) is 8.78 Å². The van der Waals surface area contributed by atoms with Crippen LogP contribution in [-0.2, 0) is 0 Å². The first-order chi connectivity index (χ1) is 9.74. The van der Waals surface area contributed by atoms with Crippen LogP contribution in [0.15, 0.2) is 34.4 Å². The molecule has 0 amide bonds. The summed E-state index contributed by atoms with van der Waals surface area (Å²) < 4.78 is 28.3. The van der Waals surface area contributed by atoms with Gasteiger partial charge in [-0.2, -0.15) is 13.9 Å². The maximum atomic E-state index is 12.0. The average molecular weight is 318 g/mol. The second kappa shape index (κ2) is 9.28. The monoisotopic (exact) mass is 317 g/mol. The van der Waals surface area contributed by atoms with Crippen molar-refractivity contribution in [1.82, 2.24) is 5.43 Å². The summed E-state index contributed by atoms with van der Waals surface area (Å²) in [5.41, 5.74) is 3.72. The number of hydrogen-bond acceptors (Lipinski definition) is 4. The Morgan fingerprint density at radius 3 is 2.67 bits per heavy atom. The zero-order chi connectivity index (χ0) is 14.2. The molecule has 4 nitrogen and oxygen atoms in total. The fourth-order valence-electron chi connectivity index (χ4n) is 1.88. The first-order valence-corrected chi connectivity index (χ1v) is 6.61. The Hall–Kier alpha value is -1.69. The van der Waals surface area contributed by atoms with Crippen molar-refractivity contribution in [2.45, 2.75) is 32.3 Å². The molecule has 1 N–H and O–H groups in total. The number of nitrogens with one attached hydrogen (secondary N) is 1. The molecule has 1 aliphatic rings. The van der Waals surface area contributed by atoms with E-state index in [0.717, 1.165) is 37.2 Å². The van der Waals surface area contributed by atoms with E-state index in [1.54, 1.807) is 18.3 Å². The number of rotatable bonds is 4. The van der Waals surface area contributed by atoms with Crippen molar-refractivity contribution in [3.63, 3.8) is 0 Å². The number of amidine groups is 1. The Bertz CT molecular complexity index is 478. The minimum Gasteiger partial charge on any atom is -0.435 e. The molecule has 0 saturated heterocycles. The molecule has 21 heavy (non-hydrogen) atoms. The van der Waals surface area contributed by atoms with Crippen molar-refractivity contribution in [3.8, 4) is 5.75 Å². The molecule has 0 unspecified atom stereocenters. The van der Waals surface area contributed by atoms with Gasteiger partial charge in [-0.3, -0.25) is 10.4 Å². The highest BCUT2D eigenvalue weighted by molar-refractivity contribution is 5.85. The first kappa shape index (κ1) is 17.4. The van der Waals surface area contributed by atoms with E-state index in [0.29, 0.717) is 0 Å². The highest BCUT2D eigenvalue weighted by Crippen LogP contribution is 2.14. The van der Waals surface area contributed by atoms with Gasteiger partial charge in [0.25, 0.3) is 0 Å². The Labute approximate surface area is 128 Å². The maximum absolute atomic E-state index is 12.0. The van der Waals surface area contributed by atoms with Crippen LogP contribution in [0.2, 0.25) is 0 Å². The molecular weight excluding hydrogens is 300 g/mol. The van der Waals surface area contributed by atoms with Crippen molar-refractivity contribution in [2.75, 3.05) is 6.54 Å². The van der Waals surface area contributed by atoms with Crippen molar-refractivity contribution in [1.29, 1.82) is 0 Å². The predicted octanol–water partition coefficient (Wildman–Crippen LogP) is 3.61. The quantitative estimate of drug-likeness (QED) is 0.681. The van der Waals surface area contributed by atoms with E-state index in [1.165, 1.54) is 18.6 Å². The van der Waals surface area contributed by atoms with Gasteiger partial charge in [0.15, 0.2) is 0 Å². The summed E-state index contributed by atoms with van der Waals surface area (Å²) in [5.74, 6) is 1.04. The average Bonchev–Trinajstić information content (AvgIpc) is 2.69. The van der Waals surface area contributed by atoms with Crippen molar-refractivity contribution >= 4 is 24.5 Å². The van der Waals surface area contributed by atoms with E-state index in [4.69, 9.17) is 0 Å². The highest BCUT2D eigenvalue weighted by Gasteiger charge is 2.03. The Balaban J connectivity index is 0.00000220.